The third-order valence-electron chi connectivity index (χ3n) is 1.84. The number of rotatable bonds is 6. The molecular formula is C13H15O4P. The van der Waals surface area contributed by atoms with E-state index >= 15 is 0 Å². The Labute approximate surface area is 106 Å². The van der Waals surface area contributed by atoms with Gasteiger partial charge in [-0.05, 0) is 31.2 Å². The third-order valence-corrected chi connectivity index (χ3v) is 2.72. The van der Waals surface area contributed by atoms with Crippen LogP contribution >= 0.6 is 7.82 Å². The minimum atomic E-state index is -4.20. The monoisotopic (exact) mass is 266 g/mol. The summed E-state index contributed by atoms with van der Waals surface area (Å²) in [5.41, 5.74) is 0. The number of hydrogen-bond acceptors (Lipinski definition) is 3. The van der Waals surface area contributed by atoms with E-state index in [1.165, 1.54) is 12.2 Å². The van der Waals surface area contributed by atoms with Crippen molar-refractivity contribution >= 4 is 7.82 Å². The second kappa shape index (κ2) is 6.84. The smallest absolute Gasteiger partial charge is 0.395 e. The summed E-state index contributed by atoms with van der Waals surface area (Å²) in [7, 11) is -4.20. The fourth-order valence-corrected chi connectivity index (χ4v) is 1.92. The summed E-state index contributed by atoms with van der Waals surface area (Å²) in [6.45, 7) is 5.31. The lowest BCUT2D eigenvalue weighted by Gasteiger charge is -2.13. The average molecular weight is 266 g/mol. The summed E-state index contributed by atoms with van der Waals surface area (Å²) in [5.74, 6) is 0.424. The molecule has 0 radical (unpaired) electrons. The van der Waals surface area contributed by atoms with Gasteiger partial charge < -0.3 is 9.05 Å². The fourth-order valence-electron chi connectivity index (χ4n) is 1.09. The Hall–Kier alpha value is -1.77. The molecule has 1 aromatic carbocycles. The zero-order chi connectivity index (χ0) is 13.4. The largest absolute Gasteiger partial charge is 0.584 e. The van der Waals surface area contributed by atoms with Crippen molar-refractivity contribution in [3.8, 4) is 5.75 Å². The molecular weight excluding hydrogens is 251 g/mol. The van der Waals surface area contributed by atoms with Crippen LogP contribution in [0, 0.1) is 0 Å². The Kier molecular flexibility index (Phi) is 5.43. The van der Waals surface area contributed by atoms with Crippen molar-refractivity contribution in [3.63, 3.8) is 0 Å². The maximum absolute atomic E-state index is 11.7. The predicted molar refractivity (Wildman–Crippen MR) is 71.1 cm³/mol. The van der Waals surface area contributed by atoms with Crippen LogP contribution in [-0.2, 0) is 9.09 Å². The van der Waals surface area contributed by atoms with Crippen molar-refractivity contribution in [1.82, 2.24) is 0 Å². The Morgan fingerprint density at radius 2 is 2.06 bits per heavy atom. The van der Waals surface area contributed by atoms with Gasteiger partial charge in [-0.2, -0.15) is 0 Å². The summed E-state index contributed by atoms with van der Waals surface area (Å²) in [6.07, 6.45) is 6.27. The summed E-state index contributed by atoms with van der Waals surface area (Å²) in [5, 5.41) is 0. The van der Waals surface area contributed by atoms with Crippen molar-refractivity contribution < 1.29 is 18.5 Å². The highest BCUT2D eigenvalue weighted by molar-refractivity contribution is 7.48. The minimum absolute atomic E-state index is 0.162. The SMILES string of the molecule is C=C/C(=C\C=C/C)OP(=O)(O)Oc1ccccc1. The molecule has 96 valence electrons. The van der Waals surface area contributed by atoms with Gasteiger partial charge in [-0.25, -0.2) is 4.57 Å². The van der Waals surface area contributed by atoms with E-state index in [0.29, 0.717) is 0 Å². The van der Waals surface area contributed by atoms with Crippen molar-refractivity contribution in [2.45, 2.75) is 6.92 Å². The minimum Gasteiger partial charge on any atom is -0.395 e. The van der Waals surface area contributed by atoms with E-state index in [1.807, 2.05) is 6.92 Å². The molecule has 0 amide bonds. The molecule has 4 nitrogen and oxygen atoms in total. The second-order valence-corrected chi connectivity index (χ2v) is 4.57. The van der Waals surface area contributed by atoms with Gasteiger partial charge in [0.25, 0.3) is 0 Å². The summed E-state index contributed by atoms with van der Waals surface area (Å²) < 4.78 is 21.5. The second-order valence-electron chi connectivity index (χ2n) is 3.26. The fraction of sp³-hybridized carbons (Fsp3) is 0.0769. The summed E-state index contributed by atoms with van der Waals surface area (Å²) in [4.78, 5) is 9.57. The lowest BCUT2D eigenvalue weighted by Crippen LogP contribution is -1.96. The van der Waals surface area contributed by atoms with Gasteiger partial charge in [-0.15, -0.1) is 0 Å². The molecule has 1 aromatic rings. The summed E-state index contributed by atoms with van der Waals surface area (Å²) >= 11 is 0. The molecule has 0 saturated heterocycles. The molecule has 0 heterocycles. The first-order chi connectivity index (χ1) is 8.57. The molecule has 0 aromatic heterocycles. The quantitative estimate of drug-likeness (QED) is 0.483. The molecule has 1 N–H and O–H groups in total. The highest BCUT2D eigenvalue weighted by Crippen LogP contribution is 2.45. The first kappa shape index (κ1) is 14.3. The normalized spacial score (nSPS) is 15.1. The van der Waals surface area contributed by atoms with Crippen molar-refractivity contribution in [1.29, 1.82) is 0 Å². The van der Waals surface area contributed by atoms with E-state index in [1.54, 1.807) is 42.5 Å². The van der Waals surface area contributed by atoms with Gasteiger partial charge in [0.1, 0.15) is 11.5 Å². The van der Waals surface area contributed by atoms with E-state index < -0.39 is 7.82 Å². The molecule has 5 heteroatoms. The first-order valence-corrected chi connectivity index (χ1v) is 6.79. The zero-order valence-electron chi connectivity index (χ0n) is 10.0. The van der Waals surface area contributed by atoms with Crippen LogP contribution in [0.5, 0.6) is 5.75 Å². The van der Waals surface area contributed by atoms with Gasteiger partial charge in [-0.1, -0.05) is 36.9 Å². The Balaban J connectivity index is 2.75. The van der Waals surface area contributed by atoms with Crippen LogP contribution < -0.4 is 4.52 Å². The Morgan fingerprint density at radius 1 is 1.39 bits per heavy atom. The van der Waals surface area contributed by atoms with Gasteiger partial charge in [0.2, 0.25) is 0 Å². The molecule has 1 atom stereocenters. The highest BCUT2D eigenvalue weighted by Gasteiger charge is 2.24. The standard InChI is InChI=1S/C13H15O4P/c1-3-5-9-12(4-2)16-18(14,15)17-13-10-7-6-8-11-13/h3-11H,2H2,1H3,(H,14,15)/b5-3-,12-9+. The van der Waals surface area contributed by atoms with Gasteiger partial charge in [0.05, 0.1) is 0 Å². The predicted octanol–water partition coefficient (Wildman–Crippen LogP) is 3.83. The van der Waals surface area contributed by atoms with E-state index in [0.717, 1.165) is 0 Å². The van der Waals surface area contributed by atoms with Crippen LogP contribution in [0.1, 0.15) is 6.92 Å². The molecule has 1 unspecified atom stereocenters. The van der Waals surface area contributed by atoms with Crippen molar-refractivity contribution in [3.05, 3.63) is 67.0 Å². The molecule has 1 rings (SSSR count). The number of hydrogen-bond donors (Lipinski definition) is 1. The lowest BCUT2D eigenvalue weighted by molar-refractivity contribution is 0.255. The molecule has 0 aliphatic heterocycles. The maximum atomic E-state index is 11.7. The van der Waals surface area contributed by atoms with Crippen LogP contribution in [0.3, 0.4) is 0 Å². The van der Waals surface area contributed by atoms with E-state index in [2.05, 4.69) is 6.58 Å². The third kappa shape index (κ3) is 5.04. The number of phosphoric ester groups is 1. The topological polar surface area (TPSA) is 55.8 Å². The van der Waals surface area contributed by atoms with E-state index in [4.69, 9.17) is 9.05 Å². The zero-order valence-corrected chi connectivity index (χ0v) is 10.9. The number of para-hydroxylation sites is 1. The highest BCUT2D eigenvalue weighted by atomic mass is 31.2. The van der Waals surface area contributed by atoms with E-state index in [9.17, 15) is 9.46 Å². The number of benzene rings is 1. The van der Waals surface area contributed by atoms with Crippen LogP contribution in [0.2, 0.25) is 0 Å². The molecule has 0 aliphatic rings. The number of phosphoric acid groups is 1. The van der Waals surface area contributed by atoms with E-state index in [-0.39, 0.29) is 11.5 Å². The molecule has 18 heavy (non-hydrogen) atoms. The lowest BCUT2D eigenvalue weighted by atomic mass is 10.3. The van der Waals surface area contributed by atoms with Crippen LogP contribution in [-0.4, -0.2) is 4.89 Å². The van der Waals surface area contributed by atoms with Crippen LogP contribution in [0.25, 0.3) is 0 Å². The van der Waals surface area contributed by atoms with Gasteiger partial charge in [0.15, 0.2) is 0 Å². The Bertz CT molecular complexity index is 491. The van der Waals surface area contributed by atoms with Crippen LogP contribution in [0.15, 0.2) is 67.0 Å². The van der Waals surface area contributed by atoms with Crippen molar-refractivity contribution in [2.24, 2.45) is 0 Å². The van der Waals surface area contributed by atoms with Crippen LogP contribution in [0.4, 0.5) is 0 Å². The Morgan fingerprint density at radius 3 is 2.61 bits per heavy atom. The number of allylic oxidation sites excluding steroid dienone is 4. The van der Waals surface area contributed by atoms with Gasteiger partial charge in [0, 0.05) is 0 Å². The average Bonchev–Trinajstić information content (AvgIpc) is 2.35. The molecule has 0 saturated carbocycles. The first-order valence-electron chi connectivity index (χ1n) is 5.30. The maximum Gasteiger partial charge on any atom is 0.584 e. The molecule has 0 fully saturated rings. The van der Waals surface area contributed by atoms with Gasteiger partial charge in [-0.3, -0.25) is 4.89 Å². The molecule has 0 aliphatic carbocycles. The van der Waals surface area contributed by atoms with Gasteiger partial charge >= 0.3 is 7.82 Å². The molecule has 0 bridgehead atoms. The molecule has 0 spiro atoms. The summed E-state index contributed by atoms with van der Waals surface area (Å²) in [6, 6.07) is 8.29. The van der Waals surface area contributed by atoms with Crippen molar-refractivity contribution in [2.75, 3.05) is 0 Å².